The third kappa shape index (κ3) is 3.74. The minimum Gasteiger partial charge on any atom is -0.504 e. The zero-order chi connectivity index (χ0) is 16.9. The first-order valence-corrected chi connectivity index (χ1v) is 8.02. The quantitative estimate of drug-likeness (QED) is 0.634. The molecule has 5 heteroatoms. The van der Waals surface area contributed by atoms with Crippen LogP contribution in [0.25, 0.3) is 0 Å². The van der Waals surface area contributed by atoms with Crippen LogP contribution in [0.2, 0.25) is 0 Å². The molecule has 1 aliphatic carbocycles. The van der Waals surface area contributed by atoms with E-state index < -0.39 is 0 Å². The van der Waals surface area contributed by atoms with Gasteiger partial charge in [-0.15, -0.1) is 0 Å². The molecular formula is C19H20N2O3. The molecule has 0 radical (unpaired) electrons. The highest BCUT2D eigenvalue weighted by Gasteiger charge is 2.43. The fourth-order valence-electron chi connectivity index (χ4n) is 2.69. The number of hydrazone groups is 1. The zero-order valence-corrected chi connectivity index (χ0v) is 13.5. The van der Waals surface area contributed by atoms with Gasteiger partial charge in [-0.05, 0) is 48.6 Å². The van der Waals surface area contributed by atoms with Crippen molar-refractivity contribution >= 4 is 12.1 Å². The van der Waals surface area contributed by atoms with Crippen LogP contribution < -0.4 is 10.2 Å². The molecular weight excluding hydrogens is 304 g/mol. The maximum absolute atomic E-state index is 12.1. The molecule has 2 aromatic rings. The molecule has 2 atom stereocenters. The van der Waals surface area contributed by atoms with Crippen LogP contribution in [0.5, 0.6) is 11.5 Å². The number of benzene rings is 2. The van der Waals surface area contributed by atoms with Gasteiger partial charge >= 0.3 is 0 Å². The summed E-state index contributed by atoms with van der Waals surface area (Å²) in [6.45, 7) is 2.31. The fraction of sp³-hybridized carbons (Fsp3) is 0.263. The van der Waals surface area contributed by atoms with Gasteiger partial charge in [-0.3, -0.25) is 4.79 Å². The number of amides is 1. The summed E-state index contributed by atoms with van der Waals surface area (Å²) in [6, 6.07) is 15.0. The number of phenolic OH excluding ortho intramolecular Hbond substituents is 1. The Labute approximate surface area is 141 Å². The molecule has 124 valence electrons. The first kappa shape index (κ1) is 16.1. The summed E-state index contributed by atoms with van der Waals surface area (Å²) in [7, 11) is 0. The lowest BCUT2D eigenvalue weighted by Gasteiger charge is -2.06. The molecule has 1 saturated carbocycles. The van der Waals surface area contributed by atoms with Crippen LogP contribution in [0.15, 0.2) is 53.6 Å². The summed E-state index contributed by atoms with van der Waals surface area (Å²) in [5.41, 5.74) is 4.52. The first-order chi connectivity index (χ1) is 11.7. The van der Waals surface area contributed by atoms with E-state index >= 15 is 0 Å². The largest absolute Gasteiger partial charge is 0.504 e. The predicted molar refractivity (Wildman–Crippen MR) is 92.3 cm³/mol. The van der Waals surface area contributed by atoms with E-state index in [1.54, 1.807) is 24.4 Å². The number of ether oxygens (including phenoxy) is 1. The Morgan fingerprint density at radius 1 is 1.33 bits per heavy atom. The Balaban J connectivity index is 1.55. The topological polar surface area (TPSA) is 70.9 Å². The standard InChI is InChI=1S/C19H20N2O3/c1-2-24-18-10-13(8-9-17(18)22)12-20-21-19(23)16-11-15(16)14-6-4-3-5-7-14/h3-10,12,15-16,22H,2,11H2,1H3,(H,21,23)/b20-12-/t15-,16+/m1/s1. The Morgan fingerprint density at radius 2 is 2.12 bits per heavy atom. The van der Waals surface area contributed by atoms with E-state index in [9.17, 15) is 9.90 Å². The highest BCUT2D eigenvalue weighted by atomic mass is 16.5. The molecule has 0 bridgehead atoms. The number of rotatable bonds is 6. The summed E-state index contributed by atoms with van der Waals surface area (Å²) in [5.74, 6) is 0.702. The number of carbonyl (C=O) groups is 1. The monoisotopic (exact) mass is 324 g/mol. The van der Waals surface area contributed by atoms with Crippen molar-refractivity contribution < 1.29 is 14.6 Å². The average molecular weight is 324 g/mol. The maximum atomic E-state index is 12.1. The molecule has 1 amide bonds. The molecule has 0 heterocycles. The Morgan fingerprint density at radius 3 is 2.88 bits per heavy atom. The number of nitrogens with zero attached hydrogens (tertiary/aromatic N) is 1. The van der Waals surface area contributed by atoms with Crippen molar-refractivity contribution in [2.24, 2.45) is 11.0 Å². The van der Waals surface area contributed by atoms with Crippen LogP contribution in [0, 0.1) is 5.92 Å². The lowest BCUT2D eigenvalue weighted by atomic mass is 10.1. The Bertz CT molecular complexity index is 744. The highest BCUT2D eigenvalue weighted by Crippen LogP contribution is 2.47. The summed E-state index contributed by atoms with van der Waals surface area (Å²) in [4.78, 5) is 12.1. The minimum absolute atomic E-state index is 0.0108. The van der Waals surface area contributed by atoms with Gasteiger partial charge in [-0.25, -0.2) is 5.43 Å². The molecule has 0 unspecified atom stereocenters. The molecule has 1 fully saturated rings. The van der Waals surface area contributed by atoms with E-state index in [2.05, 4.69) is 10.5 Å². The van der Waals surface area contributed by atoms with E-state index in [4.69, 9.17) is 4.74 Å². The summed E-state index contributed by atoms with van der Waals surface area (Å²) >= 11 is 0. The highest BCUT2D eigenvalue weighted by molar-refractivity contribution is 5.86. The van der Waals surface area contributed by atoms with Crippen molar-refractivity contribution in [2.75, 3.05) is 6.61 Å². The number of hydrogen-bond acceptors (Lipinski definition) is 4. The second kappa shape index (κ2) is 7.17. The second-order valence-corrected chi connectivity index (χ2v) is 5.75. The second-order valence-electron chi connectivity index (χ2n) is 5.75. The predicted octanol–water partition coefficient (Wildman–Crippen LogP) is 3.04. The van der Waals surface area contributed by atoms with Gasteiger partial charge in [-0.1, -0.05) is 30.3 Å². The zero-order valence-electron chi connectivity index (χ0n) is 13.5. The molecule has 1 aliphatic rings. The number of nitrogens with one attached hydrogen (secondary N) is 1. The van der Waals surface area contributed by atoms with Crippen LogP contribution >= 0.6 is 0 Å². The van der Waals surface area contributed by atoms with Crippen molar-refractivity contribution in [3.8, 4) is 11.5 Å². The summed E-state index contributed by atoms with van der Waals surface area (Å²) < 4.78 is 5.32. The van der Waals surface area contributed by atoms with E-state index in [0.29, 0.717) is 18.3 Å². The molecule has 0 saturated heterocycles. The summed E-state index contributed by atoms with van der Waals surface area (Å²) in [5, 5.41) is 13.7. The van der Waals surface area contributed by atoms with Crippen LogP contribution in [0.3, 0.4) is 0 Å². The van der Waals surface area contributed by atoms with Gasteiger partial charge < -0.3 is 9.84 Å². The van der Waals surface area contributed by atoms with Crippen LogP contribution in [-0.2, 0) is 4.79 Å². The SMILES string of the molecule is CCOc1cc(/C=N\NC(=O)[C@H]2C[C@@H]2c2ccccc2)ccc1O. The van der Waals surface area contributed by atoms with Crippen molar-refractivity contribution in [1.82, 2.24) is 5.43 Å². The third-order valence-electron chi connectivity index (χ3n) is 4.03. The van der Waals surface area contributed by atoms with E-state index in [0.717, 1.165) is 12.0 Å². The number of aromatic hydroxyl groups is 1. The van der Waals surface area contributed by atoms with Gasteiger partial charge in [0.15, 0.2) is 11.5 Å². The fourth-order valence-corrected chi connectivity index (χ4v) is 2.69. The van der Waals surface area contributed by atoms with Gasteiger partial charge in [0.05, 0.1) is 12.8 Å². The molecule has 24 heavy (non-hydrogen) atoms. The number of hydrogen-bond donors (Lipinski definition) is 2. The normalized spacial score (nSPS) is 19.2. The van der Waals surface area contributed by atoms with E-state index in [1.165, 1.54) is 5.56 Å². The van der Waals surface area contributed by atoms with Gasteiger partial charge in [-0.2, -0.15) is 5.10 Å². The molecule has 0 aliphatic heterocycles. The van der Waals surface area contributed by atoms with Gasteiger partial charge in [0.1, 0.15) is 0 Å². The Hall–Kier alpha value is -2.82. The van der Waals surface area contributed by atoms with E-state index in [1.807, 2.05) is 37.3 Å². The van der Waals surface area contributed by atoms with Crippen LogP contribution in [0.4, 0.5) is 0 Å². The summed E-state index contributed by atoms with van der Waals surface area (Å²) in [6.07, 6.45) is 2.40. The lowest BCUT2D eigenvalue weighted by Crippen LogP contribution is -2.20. The molecule has 3 rings (SSSR count). The molecule has 2 N–H and O–H groups in total. The average Bonchev–Trinajstić information content (AvgIpc) is 3.39. The molecule has 0 spiro atoms. The molecule has 0 aromatic heterocycles. The van der Waals surface area contributed by atoms with Gasteiger partial charge in [0, 0.05) is 5.92 Å². The Kier molecular flexibility index (Phi) is 4.79. The first-order valence-electron chi connectivity index (χ1n) is 8.02. The smallest absolute Gasteiger partial charge is 0.243 e. The van der Waals surface area contributed by atoms with Crippen molar-refractivity contribution in [3.63, 3.8) is 0 Å². The van der Waals surface area contributed by atoms with Crippen LogP contribution in [-0.4, -0.2) is 23.8 Å². The van der Waals surface area contributed by atoms with E-state index in [-0.39, 0.29) is 17.6 Å². The minimum atomic E-state index is -0.0658. The van der Waals surface area contributed by atoms with Gasteiger partial charge in [0.2, 0.25) is 5.91 Å². The van der Waals surface area contributed by atoms with Crippen molar-refractivity contribution in [2.45, 2.75) is 19.3 Å². The maximum Gasteiger partial charge on any atom is 0.243 e. The van der Waals surface area contributed by atoms with Gasteiger partial charge in [0.25, 0.3) is 0 Å². The number of carbonyl (C=O) groups excluding carboxylic acids is 1. The van der Waals surface area contributed by atoms with Crippen molar-refractivity contribution in [1.29, 1.82) is 0 Å². The molecule has 2 aromatic carbocycles. The van der Waals surface area contributed by atoms with Crippen LogP contribution in [0.1, 0.15) is 30.4 Å². The molecule has 5 nitrogen and oxygen atoms in total. The van der Waals surface area contributed by atoms with Crippen molar-refractivity contribution in [3.05, 3.63) is 59.7 Å². The lowest BCUT2D eigenvalue weighted by molar-refractivity contribution is -0.122. The third-order valence-corrected chi connectivity index (χ3v) is 4.03. The number of phenols is 1.